The van der Waals surface area contributed by atoms with Gasteiger partial charge in [0.1, 0.15) is 0 Å². The Morgan fingerprint density at radius 3 is 2.36 bits per heavy atom. The van der Waals surface area contributed by atoms with E-state index in [9.17, 15) is 18.3 Å². The van der Waals surface area contributed by atoms with E-state index in [1.165, 1.54) is 12.1 Å². The lowest BCUT2D eigenvalue weighted by Gasteiger charge is -2.19. The molecular formula is C16H20O5S. The Balaban J connectivity index is 2.29. The lowest BCUT2D eigenvalue weighted by Crippen LogP contribution is -2.15. The number of carbonyl (C=O) groups is 1. The quantitative estimate of drug-likeness (QED) is 0.841. The molecule has 0 unspecified atom stereocenters. The number of rotatable bonds is 5. The molecule has 1 aliphatic rings. The normalized spacial score (nSPS) is 17.4. The third-order valence-corrected chi connectivity index (χ3v) is 5.55. The monoisotopic (exact) mass is 324 g/mol. The fraction of sp³-hybridized carbons (Fsp3) is 0.438. The zero-order chi connectivity index (χ0) is 16.2. The second kappa shape index (κ2) is 7.07. The van der Waals surface area contributed by atoms with Crippen LogP contribution in [0.1, 0.15) is 25.3 Å². The van der Waals surface area contributed by atoms with Crippen molar-refractivity contribution in [3.05, 3.63) is 35.9 Å². The first-order chi connectivity index (χ1) is 10.4. The molecule has 0 saturated carbocycles. The number of ether oxygens (including phenoxy) is 1. The van der Waals surface area contributed by atoms with Gasteiger partial charge in [0, 0.05) is 13.2 Å². The van der Waals surface area contributed by atoms with E-state index in [0.717, 1.165) is 12.8 Å². The van der Waals surface area contributed by atoms with Crippen LogP contribution in [0, 0.1) is 5.92 Å². The number of sulfone groups is 1. The standard InChI is InChI=1S/C16H20O5S/c1-2-22(19,20)14-5-3-13(4-6-14)15(16(17)18)11-12-7-9-21-10-8-12/h3-6,11-12H,2,7-10H2,1H3,(H,17,18)/b15-11+. The van der Waals surface area contributed by atoms with E-state index < -0.39 is 15.8 Å². The fourth-order valence-electron chi connectivity index (χ4n) is 2.42. The Labute approximate surface area is 130 Å². The molecule has 22 heavy (non-hydrogen) atoms. The minimum Gasteiger partial charge on any atom is -0.478 e. The first-order valence-electron chi connectivity index (χ1n) is 7.30. The van der Waals surface area contributed by atoms with Crippen LogP contribution in [-0.2, 0) is 19.4 Å². The molecule has 0 amide bonds. The van der Waals surface area contributed by atoms with Crippen molar-refractivity contribution in [1.82, 2.24) is 0 Å². The van der Waals surface area contributed by atoms with Crippen LogP contribution in [0.2, 0.25) is 0 Å². The largest absolute Gasteiger partial charge is 0.478 e. The van der Waals surface area contributed by atoms with Gasteiger partial charge in [-0.2, -0.15) is 0 Å². The maximum Gasteiger partial charge on any atom is 0.335 e. The molecule has 1 N–H and O–H groups in total. The van der Waals surface area contributed by atoms with Crippen molar-refractivity contribution < 1.29 is 23.1 Å². The summed E-state index contributed by atoms with van der Waals surface area (Å²) in [6.07, 6.45) is 3.37. The molecule has 0 radical (unpaired) electrons. The van der Waals surface area contributed by atoms with Crippen molar-refractivity contribution in [2.75, 3.05) is 19.0 Å². The summed E-state index contributed by atoms with van der Waals surface area (Å²) in [5, 5.41) is 9.41. The van der Waals surface area contributed by atoms with Crippen LogP contribution in [0.5, 0.6) is 0 Å². The van der Waals surface area contributed by atoms with Gasteiger partial charge in [-0.15, -0.1) is 0 Å². The maximum atomic E-state index is 11.8. The molecule has 120 valence electrons. The molecule has 0 bridgehead atoms. The molecule has 1 aromatic carbocycles. The molecule has 1 saturated heterocycles. The lowest BCUT2D eigenvalue weighted by atomic mass is 9.94. The zero-order valence-electron chi connectivity index (χ0n) is 12.5. The average molecular weight is 324 g/mol. The molecule has 0 atom stereocenters. The third-order valence-electron chi connectivity index (χ3n) is 3.80. The summed E-state index contributed by atoms with van der Waals surface area (Å²) in [6.45, 7) is 2.86. The van der Waals surface area contributed by atoms with E-state index in [-0.39, 0.29) is 22.1 Å². The highest BCUT2D eigenvalue weighted by atomic mass is 32.2. The van der Waals surface area contributed by atoms with Crippen molar-refractivity contribution in [1.29, 1.82) is 0 Å². The molecule has 1 heterocycles. The minimum atomic E-state index is -3.27. The summed E-state index contributed by atoms with van der Waals surface area (Å²) in [7, 11) is -3.27. The first-order valence-corrected chi connectivity index (χ1v) is 8.95. The van der Waals surface area contributed by atoms with Gasteiger partial charge in [0.15, 0.2) is 9.84 Å². The Bertz CT molecular complexity index is 652. The molecular weight excluding hydrogens is 304 g/mol. The van der Waals surface area contributed by atoms with Gasteiger partial charge in [0.25, 0.3) is 0 Å². The van der Waals surface area contributed by atoms with Crippen molar-refractivity contribution in [3.63, 3.8) is 0 Å². The number of carboxylic acids is 1. The number of allylic oxidation sites excluding steroid dienone is 1. The highest BCUT2D eigenvalue weighted by Crippen LogP contribution is 2.24. The van der Waals surface area contributed by atoms with Gasteiger partial charge in [-0.25, -0.2) is 13.2 Å². The third kappa shape index (κ3) is 3.96. The number of hydrogen-bond acceptors (Lipinski definition) is 4. The summed E-state index contributed by atoms with van der Waals surface area (Å²) in [6, 6.07) is 6.05. The molecule has 6 heteroatoms. The predicted octanol–water partition coefficient (Wildman–Crippen LogP) is 2.37. The van der Waals surface area contributed by atoms with Crippen molar-refractivity contribution in [3.8, 4) is 0 Å². The second-order valence-corrected chi connectivity index (χ2v) is 7.54. The number of aliphatic carboxylic acids is 1. The zero-order valence-corrected chi connectivity index (χ0v) is 13.3. The Hall–Kier alpha value is -1.66. The molecule has 1 fully saturated rings. The smallest absolute Gasteiger partial charge is 0.335 e. The highest BCUT2D eigenvalue weighted by Gasteiger charge is 2.18. The van der Waals surface area contributed by atoms with E-state index in [2.05, 4.69) is 0 Å². The highest BCUT2D eigenvalue weighted by molar-refractivity contribution is 7.91. The van der Waals surface area contributed by atoms with Crippen LogP contribution in [0.15, 0.2) is 35.2 Å². The Morgan fingerprint density at radius 1 is 1.27 bits per heavy atom. The summed E-state index contributed by atoms with van der Waals surface area (Å²) in [5.74, 6) is -0.799. The van der Waals surface area contributed by atoms with Crippen molar-refractivity contribution in [2.45, 2.75) is 24.7 Å². The minimum absolute atomic E-state index is 0.0239. The summed E-state index contributed by atoms with van der Waals surface area (Å²) >= 11 is 0. The van der Waals surface area contributed by atoms with Crippen LogP contribution >= 0.6 is 0 Å². The van der Waals surface area contributed by atoms with Gasteiger partial charge < -0.3 is 9.84 Å². The van der Waals surface area contributed by atoms with Crippen molar-refractivity contribution in [2.24, 2.45) is 5.92 Å². The predicted molar refractivity (Wildman–Crippen MR) is 83.3 cm³/mol. The van der Waals surface area contributed by atoms with Gasteiger partial charge in [0.05, 0.1) is 16.2 Å². The van der Waals surface area contributed by atoms with Gasteiger partial charge in [0.2, 0.25) is 0 Å². The van der Waals surface area contributed by atoms with Gasteiger partial charge in [-0.3, -0.25) is 0 Å². The van der Waals surface area contributed by atoms with E-state index >= 15 is 0 Å². The molecule has 1 aliphatic heterocycles. The van der Waals surface area contributed by atoms with Crippen LogP contribution in [-0.4, -0.2) is 38.5 Å². The van der Waals surface area contributed by atoms with E-state index in [4.69, 9.17) is 4.74 Å². The molecule has 0 aliphatic carbocycles. The van der Waals surface area contributed by atoms with Gasteiger partial charge in [-0.05, 0) is 36.5 Å². The Morgan fingerprint density at radius 2 is 1.86 bits per heavy atom. The summed E-state index contributed by atoms with van der Waals surface area (Å²) < 4.78 is 28.8. The van der Waals surface area contributed by atoms with Crippen LogP contribution in [0.4, 0.5) is 0 Å². The lowest BCUT2D eigenvalue weighted by molar-refractivity contribution is -0.130. The Kier molecular flexibility index (Phi) is 5.37. The number of hydrogen-bond donors (Lipinski definition) is 1. The molecule has 0 aromatic heterocycles. The van der Waals surface area contributed by atoms with Gasteiger partial charge >= 0.3 is 5.97 Å². The van der Waals surface area contributed by atoms with E-state index in [0.29, 0.717) is 18.8 Å². The van der Waals surface area contributed by atoms with Crippen LogP contribution in [0.25, 0.3) is 5.57 Å². The topological polar surface area (TPSA) is 80.7 Å². The van der Waals surface area contributed by atoms with Crippen LogP contribution < -0.4 is 0 Å². The average Bonchev–Trinajstić information content (AvgIpc) is 2.53. The number of benzene rings is 1. The first kappa shape index (κ1) is 16.7. The molecule has 0 spiro atoms. The van der Waals surface area contributed by atoms with Crippen LogP contribution in [0.3, 0.4) is 0 Å². The maximum absolute atomic E-state index is 11.8. The molecule has 1 aromatic rings. The van der Waals surface area contributed by atoms with Crippen molar-refractivity contribution >= 4 is 21.4 Å². The molecule has 2 rings (SSSR count). The summed E-state index contributed by atoms with van der Waals surface area (Å²) in [4.78, 5) is 11.7. The fourth-order valence-corrected chi connectivity index (χ4v) is 3.30. The van der Waals surface area contributed by atoms with Gasteiger partial charge in [-0.1, -0.05) is 25.1 Å². The SMILES string of the molecule is CCS(=O)(=O)c1ccc(/C(=C\C2CCOCC2)C(=O)O)cc1. The summed E-state index contributed by atoms with van der Waals surface area (Å²) in [5.41, 5.74) is 0.737. The second-order valence-electron chi connectivity index (χ2n) is 5.26. The van der Waals surface area contributed by atoms with E-state index in [1.807, 2.05) is 0 Å². The molecule has 5 nitrogen and oxygen atoms in total. The number of carboxylic acid groups (broad SMARTS) is 1. The van der Waals surface area contributed by atoms with E-state index in [1.54, 1.807) is 25.1 Å².